The zero-order valence-electron chi connectivity index (χ0n) is 31.5. The van der Waals surface area contributed by atoms with Gasteiger partial charge in [0.15, 0.2) is 23.0 Å². The Hall–Kier alpha value is -7.62. The third-order valence-corrected chi connectivity index (χ3v) is 12.2. The van der Waals surface area contributed by atoms with Crippen LogP contribution in [0.3, 0.4) is 0 Å². The summed E-state index contributed by atoms with van der Waals surface area (Å²) in [5, 5.41) is 0. The summed E-state index contributed by atoms with van der Waals surface area (Å²) in [6, 6.07) is 75.7. The van der Waals surface area contributed by atoms with Gasteiger partial charge in [0.25, 0.3) is 0 Å². The molecule has 0 fully saturated rings. The van der Waals surface area contributed by atoms with Crippen LogP contribution >= 0.6 is 0 Å². The standard InChI is InChI=1S/C55H35NO2/c1-3-15-39(16-4-1)56(40-17-5-2-6-18-40)49-26-14-10-19-41(49)37-29-27-36(28-30-37)38-31-33-50-52(35-38)57-51-34-32-48-53(54(51)58-50)44-22-9-13-25-47(44)55(48)45-23-11-7-20-42(45)43-21-8-12-24-46(43)55/h1-35H. The predicted octanol–water partition coefficient (Wildman–Crippen LogP) is 14.7. The largest absolute Gasteiger partial charge is 0.449 e. The SMILES string of the molecule is c1ccc(N(c2ccccc2)c2ccccc2-c2ccc(-c3ccc4c(c3)Oc3ccc5c(c3O4)-c3ccccc3C53c4ccccc4-c4ccccc43)cc2)cc1. The molecule has 0 amide bonds. The second kappa shape index (κ2) is 12.7. The van der Waals surface area contributed by atoms with Crippen molar-refractivity contribution in [2.45, 2.75) is 5.41 Å². The summed E-state index contributed by atoms with van der Waals surface area (Å²) in [5.41, 5.74) is 17.3. The number of fused-ring (bicyclic) bond motifs is 13. The molecule has 0 unspecified atom stereocenters. The maximum atomic E-state index is 6.90. The van der Waals surface area contributed by atoms with E-state index in [9.17, 15) is 0 Å². The lowest BCUT2D eigenvalue weighted by Crippen LogP contribution is -2.25. The Kier molecular flexibility index (Phi) is 7.14. The molecule has 0 N–H and O–H groups in total. The van der Waals surface area contributed by atoms with Crippen LogP contribution in [0, 0.1) is 0 Å². The van der Waals surface area contributed by atoms with Crippen LogP contribution in [0.25, 0.3) is 44.5 Å². The monoisotopic (exact) mass is 741 g/mol. The highest BCUT2D eigenvalue weighted by Crippen LogP contribution is 2.66. The molecule has 1 spiro atoms. The third kappa shape index (κ3) is 4.68. The fourth-order valence-electron chi connectivity index (χ4n) is 9.73. The minimum absolute atomic E-state index is 0.435. The summed E-state index contributed by atoms with van der Waals surface area (Å²) in [4.78, 5) is 2.32. The molecule has 0 aromatic heterocycles. The summed E-state index contributed by atoms with van der Waals surface area (Å²) in [6.45, 7) is 0. The highest BCUT2D eigenvalue weighted by Gasteiger charge is 2.53. The fourth-order valence-corrected chi connectivity index (χ4v) is 9.73. The van der Waals surface area contributed by atoms with Gasteiger partial charge in [-0.05, 0) is 104 Å². The molecule has 12 rings (SSSR count). The summed E-state index contributed by atoms with van der Waals surface area (Å²) in [6.07, 6.45) is 0. The third-order valence-electron chi connectivity index (χ3n) is 12.2. The minimum Gasteiger partial charge on any atom is -0.449 e. The van der Waals surface area contributed by atoms with Gasteiger partial charge in [-0.3, -0.25) is 0 Å². The second-order valence-electron chi connectivity index (χ2n) is 15.2. The number of ether oxygens (including phenoxy) is 2. The Bertz CT molecular complexity index is 2980. The molecule has 9 aromatic rings. The molecular formula is C55H35NO2. The van der Waals surface area contributed by atoms with Crippen LogP contribution < -0.4 is 14.4 Å². The van der Waals surface area contributed by atoms with E-state index in [4.69, 9.17) is 9.47 Å². The van der Waals surface area contributed by atoms with Crippen molar-refractivity contribution in [2.75, 3.05) is 4.90 Å². The number of anilines is 3. The van der Waals surface area contributed by atoms with Gasteiger partial charge in [0.1, 0.15) is 0 Å². The molecule has 272 valence electrons. The van der Waals surface area contributed by atoms with Crippen LogP contribution in [0.2, 0.25) is 0 Å². The first-order chi connectivity index (χ1) is 28.8. The highest BCUT2D eigenvalue weighted by atomic mass is 16.6. The van der Waals surface area contributed by atoms with Gasteiger partial charge in [-0.25, -0.2) is 0 Å². The van der Waals surface area contributed by atoms with Gasteiger partial charge >= 0.3 is 0 Å². The molecule has 2 aliphatic carbocycles. The molecule has 3 nitrogen and oxygen atoms in total. The maximum absolute atomic E-state index is 6.90. The van der Waals surface area contributed by atoms with Crippen LogP contribution in [0.4, 0.5) is 17.1 Å². The first kappa shape index (κ1) is 32.6. The van der Waals surface area contributed by atoms with Crippen LogP contribution in [-0.2, 0) is 5.41 Å². The van der Waals surface area contributed by atoms with Crippen molar-refractivity contribution in [3.05, 3.63) is 235 Å². The Morgan fingerprint density at radius 3 is 1.48 bits per heavy atom. The zero-order chi connectivity index (χ0) is 38.2. The Balaban J connectivity index is 0.901. The topological polar surface area (TPSA) is 21.7 Å². The maximum Gasteiger partial charge on any atom is 0.178 e. The molecule has 58 heavy (non-hydrogen) atoms. The summed E-state index contributed by atoms with van der Waals surface area (Å²) in [7, 11) is 0. The smallest absolute Gasteiger partial charge is 0.178 e. The molecule has 3 heteroatoms. The van der Waals surface area contributed by atoms with E-state index in [-0.39, 0.29) is 0 Å². The number of hydrogen-bond donors (Lipinski definition) is 0. The van der Waals surface area contributed by atoms with E-state index in [2.05, 4.69) is 211 Å². The molecule has 3 aliphatic rings. The van der Waals surface area contributed by atoms with Gasteiger partial charge in [0.2, 0.25) is 0 Å². The quantitative estimate of drug-likeness (QED) is 0.175. The van der Waals surface area contributed by atoms with E-state index in [1.165, 1.54) is 38.9 Å². The number of hydrogen-bond acceptors (Lipinski definition) is 3. The number of para-hydroxylation sites is 3. The lowest BCUT2D eigenvalue weighted by Gasteiger charge is -2.31. The summed E-state index contributed by atoms with van der Waals surface area (Å²) in [5.74, 6) is 2.91. The van der Waals surface area contributed by atoms with E-state index in [1.807, 2.05) is 6.07 Å². The van der Waals surface area contributed by atoms with Crippen molar-refractivity contribution < 1.29 is 9.47 Å². The van der Waals surface area contributed by atoms with Gasteiger partial charge in [0.05, 0.1) is 11.1 Å². The van der Waals surface area contributed by atoms with E-state index in [0.717, 1.165) is 56.4 Å². The van der Waals surface area contributed by atoms with E-state index in [0.29, 0.717) is 11.5 Å². The van der Waals surface area contributed by atoms with Crippen LogP contribution in [0.5, 0.6) is 23.0 Å². The summed E-state index contributed by atoms with van der Waals surface area (Å²) < 4.78 is 13.7. The van der Waals surface area contributed by atoms with Crippen molar-refractivity contribution in [3.8, 4) is 67.5 Å². The van der Waals surface area contributed by atoms with E-state index >= 15 is 0 Å². The number of nitrogens with zero attached hydrogens (tertiary/aromatic N) is 1. The molecule has 0 saturated heterocycles. The molecule has 0 radical (unpaired) electrons. The van der Waals surface area contributed by atoms with Gasteiger partial charge in [-0.2, -0.15) is 0 Å². The molecule has 1 aliphatic heterocycles. The molecular weight excluding hydrogens is 707 g/mol. The first-order valence-corrected chi connectivity index (χ1v) is 19.8. The number of rotatable bonds is 5. The molecule has 1 heterocycles. The molecule has 9 aromatic carbocycles. The van der Waals surface area contributed by atoms with Crippen LogP contribution in [-0.4, -0.2) is 0 Å². The number of benzene rings is 9. The lowest BCUT2D eigenvalue weighted by molar-refractivity contribution is 0.360. The van der Waals surface area contributed by atoms with Gasteiger partial charge in [-0.1, -0.05) is 164 Å². The van der Waals surface area contributed by atoms with Crippen molar-refractivity contribution >= 4 is 17.1 Å². The second-order valence-corrected chi connectivity index (χ2v) is 15.2. The lowest BCUT2D eigenvalue weighted by atomic mass is 9.70. The van der Waals surface area contributed by atoms with Gasteiger partial charge in [0, 0.05) is 22.5 Å². The predicted molar refractivity (Wildman–Crippen MR) is 235 cm³/mol. The Labute approximate surface area is 337 Å². The van der Waals surface area contributed by atoms with Crippen LogP contribution in [0.15, 0.2) is 212 Å². The normalized spacial score (nSPS) is 13.2. The zero-order valence-corrected chi connectivity index (χ0v) is 31.5. The van der Waals surface area contributed by atoms with Crippen molar-refractivity contribution in [3.63, 3.8) is 0 Å². The fraction of sp³-hybridized carbons (Fsp3) is 0.0182. The molecule has 0 saturated carbocycles. The average Bonchev–Trinajstić information content (AvgIpc) is 3.77. The first-order valence-electron chi connectivity index (χ1n) is 19.8. The minimum atomic E-state index is -0.435. The Morgan fingerprint density at radius 2 is 0.828 bits per heavy atom. The van der Waals surface area contributed by atoms with Gasteiger partial charge in [-0.15, -0.1) is 0 Å². The van der Waals surface area contributed by atoms with E-state index < -0.39 is 5.41 Å². The molecule has 0 atom stereocenters. The summed E-state index contributed by atoms with van der Waals surface area (Å²) >= 11 is 0. The van der Waals surface area contributed by atoms with E-state index in [1.54, 1.807) is 0 Å². The molecule has 0 bridgehead atoms. The van der Waals surface area contributed by atoms with Crippen molar-refractivity contribution in [1.29, 1.82) is 0 Å². The Morgan fingerprint density at radius 1 is 0.328 bits per heavy atom. The average molecular weight is 742 g/mol. The van der Waals surface area contributed by atoms with Gasteiger partial charge < -0.3 is 14.4 Å². The van der Waals surface area contributed by atoms with Crippen molar-refractivity contribution in [2.24, 2.45) is 0 Å². The highest BCUT2D eigenvalue weighted by molar-refractivity contribution is 5.98. The van der Waals surface area contributed by atoms with Crippen LogP contribution in [0.1, 0.15) is 22.3 Å². The van der Waals surface area contributed by atoms with Crippen molar-refractivity contribution in [1.82, 2.24) is 0 Å².